The van der Waals surface area contributed by atoms with Crippen LogP contribution in [0.1, 0.15) is 71.1 Å². The van der Waals surface area contributed by atoms with Crippen LogP contribution in [0, 0.1) is 0 Å². The molecule has 0 aliphatic rings. The van der Waals surface area contributed by atoms with E-state index in [4.69, 9.17) is 8.85 Å². The molecule has 19 heavy (non-hydrogen) atoms. The molecular weight excluding hydrogens is 256 g/mol. The molecule has 0 aromatic rings. The third kappa shape index (κ3) is 9.60. The van der Waals surface area contributed by atoms with Gasteiger partial charge in [0.05, 0.1) is 6.23 Å². The van der Waals surface area contributed by atoms with E-state index in [-0.39, 0.29) is 6.23 Å². The predicted molar refractivity (Wildman–Crippen MR) is 83.5 cm³/mol. The van der Waals surface area contributed by atoms with E-state index < -0.39 is 8.56 Å². The Balaban J connectivity index is 3.35. The molecule has 0 aliphatic carbocycles. The lowest BCUT2D eigenvalue weighted by Gasteiger charge is -2.24. The van der Waals surface area contributed by atoms with Crippen LogP contribution in [0.2, 0.25) is 6.04 Å². The Labute approximate surface area is 120 Å². The SMILES string of the molecule is CCCCCCCCCCCC[Si](CO)(OC)OC. The number of aliphatic hydroxyl groups is 1. The van der Waals surface area contributed by atoms with E-state index >= 15 is 0 Å². The molecule has 0 rings (SSSR count). The third-order valence-electron chi connectivity index (χ3n) is 3.90. The van der Waals surface area contributed by atoms with Gasteiger partial charge in [0.2, 0.25) is 0 Å². The standard InChI is InChI=1S/C15H34O3Si/c1-4-5-6-7-8-9-10-11-12-13-14-19(15-16,17-2)18-3/h16H,4-15H2,1-3H3. The zero-order valence-electron chi connectivity index (χ0n) is 13.2. The maximum absolute atomic E-state index is 9.33. The molecule has 0 spiro atoms. The van der Waals surface area contributed by atoms with Crippen molar-refractivity contribution < 1.29 is 14.0 Å². The maximum atomic E-state index is 9.33. The van der Waals surface area contributed by atoms with E-state index in [1.54, 1.807) is 14.2 Å². The molecule has 0 saturated carbocycles. The lowest BCUT2D eigenvalue weighted by atomic mass is 10.1. The van der Waals surface area contributed by atoms with Crippen molar-refractivity contribution >= 4 is 8.56 Å². The molecule has 0 amide bonds. The lowest BCUT2D eigenvalue weighted by molar-refractivity contribution is 0.195. The zero-order chi connectivity index (χ0) is 14.4. The van der Waals surface area contributed by atoms with Gasteiger partial charge in [-0.15, -0.1) is 0 Å². The van der Waals surface area contributed by atoms with Gasteiger partial charge in [-0.2, -0.15) is 0 Å². The van der Waals surface area contributed by atoms with E-state index in [9.17, 15) is 5.11 Å². The topological polar surface area (TPSA) is 38.7 Å². The first-order chi connectivity index (χ1) is 9.24. The molecule has 0 radical (unpaired) electrons. The van der Waals surface area contributed by atoms with E-state index in [0.717, 1.165) is 12.5 Å². The number of aliphatic hydroxyl groups excluding tert-OH is 1. The van der Waals surface area contributed by atoms with Gasteiger partial charge in [0.25, 0.3) is 0 Å². The summed E-state index contributed by atoms with van der Waals surface area (Å²) >= 11 is 0. The number of rotatable bonds is 14. The van der Waals surface area contributed by atoms with Gasteiger partial charge in [-0.1, -0.05) is 71.1 Å². The minimum absolute atomic E-state index is 0.0669. The summed E-state index contributed by atoms with van der Waals surface area (Å²) in [6.45, 7) is 2.26. The smallest absolute Gasteiger partial charge is 0.363 e. The highest BCUT2D eigenvalue weighted by Gasteiger charge is 2.33. The van der Waals surface area contributed by atoms with Crippen molar-refractivity contribution in [3.05, 3.63) is 0 Å². The average Bonchev–Trinajstić information content (AvgIpc) is 2.46. The molecule has 0 aromatic heterocycles. The van der Waals surface area contributed by atoms with Crippen LogP contribution in [0.5, 0.6) is 0 Å². The molecular formula is C15H34O3Si. The molecule has 4 heteroatoms. The van der Waals surface area contributed by atoms with Gasteiger partial charge >= 0.3 is 8.56 Å². The highest BCUT2D eigenvalue weighted by atomic mass is 28.4. The minimum Gasteiger partial charge on any atom is -0.396 e. The first kappa shape index (κ1) is 19.1. The molecule has 3 nitrogen and oxygen atoms in total. The van der Waals surface area contributed by atoms with Gasteiger partial charge in [0.1, 0.15) is 0 Å². The minimum atomic E-state index is -2.25. The Kier molecular flexibility index (Phi) is 13.2. The van der Waals surface area contributed by atoms with Gasteiger partial charge < -0.3 is 14.0 Å². The fourth-order valence-electron chi connectivity index (χ4n) is 2.38. The van der Waals surface area contributed by atoms with Gasteiger partial charge in [0, 0.05) is 14.2 Å². The summed E-state index contributed by atoms with van der Waals surface area (Å²) in [6, 6.07) is 0.910. The second-order valence-electron chi connectivity index (χ2n) is 5.41. The monoisotopic (exact) mass is 290 g/mol. The second kappa shape index (κ2) is 13.1. The largest absolute Gasteiger partial charge is 0.396 e. The van der Waals surface area contributed by atoms with Crippen LogP contribution >= 0.6 is 0 Å². The summed E-state index contributed by atoms with van der Waals surface area (Å²) in [5.41, 5.74) is 0. The van der Waals surface area contributed by atoms with Crippen molar-refractivity contribution in [2.75, 3.05) is 20.4 Å². The van der Waals surface area contributed by atoms with Crippen molar-refractivity contribution in [3.63, 3.8) is 0 Å². The highest BCUT2D eigenvalue weighted by molar-refractivity contribution is 6.67. The van der Waals surface area contributed by atoms with Gasteiger partial charge in [-0.25, -0.2) is 0 Å². The first-order valence-corrected chi connectivity index (χ1v) is 10.2. The summed E-state index contributed by atoms with van der Waals surface area (Å²) in [4.78, 5) is 0. The average molecular weight is 291 g/mol. The van der Waals surface area contributed by atoms with Crippen molar-refractivity contribution in [3.8, 4) is 0 Å². The summed E-state index contributed by atoms with van der Waals surface area (Å²) in [5, 5.41) is 9.33. The van der Waals surface area contributed by atoms with Crippen LogP contribution in [-0.2, 0) is 8.85 Å². The van der Waals surface area contributed by atoms with Crippen LogP contribution < -0.4 is 0 Å². The van der Waals surface area contributed by atoms with Crippen LogP contribution in [0.3, 0.4) is 0 Å². The molecule has 116 valence electrons. The molecule has 0 aromatic carbocycles. The molecule has 0 unspecified atom stereocenters. The number of hydrogen-bond acceptors (Lipinski definition) is 3. The van der Waals surface area contributed by atoms with E-state index in [1.165, 1.54) is 57.8 Å². The molecule has 0 bridgehead atoms. The Bertz CT molecular complexity index is 176. The van der Waals surface area contributed by atoms with Gasteiger partial charge in [0.15, 0.2) is 0 Å². The van der Waals surface area contributed by atoms with Crippen LogP contribution in [0.25, 0.3) is 0 Å². The van der Waals surface area contributed by atoms with Crippen LogP contribution in [0.15, 0.2) is 0 Å². The molecule has 0 fully saturated rings. The maximum Gasteiger partial charge on any atom is 0.363 e. The predicted octanol–water partition coefficient (Wildman–Crippen LogP) is 4.17. The van der Waals surface area contributed by atoms with Crippen molar-refractivity contribution in [1.29, 1.82) is 0 Å². The van der Waals surface area contributed by atoms with Crippen LogP contribution in [0.4, 0.5) is 0 Å². The molecule has 0 heterocycles. The number of hydrogen-bond donors (Lipinski definition) is 1. The fourth-order valence-corrected chi connectivity index (χ4v) is 4.16. The summed E-state index contributed by atoms with van der Waals surface area (Å²) < 4.78 is 10.8. The van der Waals surface area contributed by atoms with Crippen molar-refractivity contribution in [2.45, 2.75) is 77.2 Å². The van der Waals surface area contributed by atoms with E-state index in [1.807, 2.05) is 0 Å². The third-order valence-corrected chi connectivity index (χ3v) is 6.98. The molecule has 0 saturated heterocycles. The summed E-state index contributed by atoms with van der Waals surface area (Å²) in [5.74, 6) is 0. The molecule has 0 aliphatic heterocycles. The van der Waals surface area contributed by atoms with E-state index in [2.05, 4.69) is 6.92 Å². The summed E-state index contributed by atoms with van der Waals surface area (Å²) in [7, 11) is 1.06. The highest BCUT2D eigenvalue weighted by Crippen LogP contribution is 2.17. The fraction of sp³-hybridized carbons (Fsp3) is 1.00. The van der Waals surface area contributed by atoms with Gasteiger partial charge in [-0.3, -0.25) is 0 Å². The van der Waals surface area contributed by atoms with Crippen LogP contribution in [-0.4, -0.2) is 34.1 Å². The normalized spacial score (nSPS) is 12.0. The number of unbranched alkanes of at least 4 members (excludes halogenated alkanes) is 9. The second-order valence-corrected chi connectivity index (χ2v) is 8.86. The zero-order valence-corrected chi connectivity index (χ0v) is 14.2. The Hall–Kier alpha value is 0.0969. The van der Waals surface area contributed by atoms with Crippen molar-refractivity contribution in [1.82, 2.24) is 0 Å². The lowest BCUT2D eigenvalue weighted by Crippen LogP contribution is -2.44. The molecule has 1 N–H and O–H groups in total. The quantitative estimate of drug-likeness (QED) is 0.385. The Morgan fingerprint density at radius 2 is 1.16 bits per heavy atom. The molecule has 0 atom stereocenters. The van der Waals surface area contributed by atoms with Gasteiger partial charge in [-0.05, 0) is 6.04 Å². The Morgan fingerprint density at radius 3 is 1.53 bits per heavy atom. The van der Waals surface area contributed by atoms with E-state index in [0.29, 0.717) is 0 Å². The van der Waals surface area contributed by atoms with Crippen molar-refractivity contribution in [2.24, 2.45) is 0 Å². The Morgan fingerprint density at radius 1 is 0.737 bits per heavy atom. The first-order valence-electron chi connectivity index (χ1n) is 7.96. The summed E-state index contributed by atoms with van der Waals surface area (Å²) in [6.07, 6.45) is 13.4.